The molecular formula is C15H9N3O6. The van der Waals surface area contributed by atoms with Crippen LogP contribution < -0.4 is 10.6 Å². The highest BCUT2D eigenvalue weighted by Gasteiger charge is 2.28. The Balaban J connectivity index is 1.96. The average molecular weight is 327 g/mol. The number of carbonyl (C=O) groups excluding carboxylic acids is 3. The molecule has 0 aliphatic carbocycles. The Labute approximate surface area is 134 Å². The van der Waals surface area contributed by atoms with E-state index >= 15 is 0 Å². The van der Waals surface area contributed by atoms with Crippen molar-refractivity contribution in [3.63, 3.8) is 0 Å². The molecule has 0 atom stereocenters. The second kappa shape index (κ2) is 5.80. The summed E-state index contributed by atoms with van der Waals surface area (Å²) < 4.78 is 5.46. The molecule has 2 aromatic rings. The summed E-state index contributed by atoms with van der Waals surface area (Å²) in [6.45, 7) is 0. The van der Waals surface area contributed by atoms with E-state index in [4.69, 9.17) is 4.42 Å². The number of para-hydroxylation sites is 1. The zero-order chi connectivity index (χ0) is 17.3. The van der Waals surface area contributed by atoms with Crippen molar-refractivity contribution in [3.05, 3.63) is 57.8 Å². The number of carbonyl (C=O) groups is 3. The van der Waals surface area contributed by atoms with Crippen LogP contribution >= 0.6 is 0 Å². The summed E-state index contributed by atoms with van der Waals surface area (Å²) in [5, 5.41) is 14.9. The largest absolute Gasteiger partial charge is 0.456 e. The SMILES string of the molecule is O=C1NC(=O)C(=Cc2ccc(-c3ccccc3[N+](=O)[O-])o2)C(=O)N1. The highest BCUT2D eigenvalue weighted by Crippen LogP contribution is 2.31. The van der Waals surface area contributed by atoms with Crippen molar-refractivity contribution in [2.75, 3.05) is 0 Å². The molecule has 1 aliphatic rings. The molecule has 1 aliphatic heterocycles. The van der Waals surface area contributed by atoms with E-state index in [-0.39, 0.29) is 28.3 Å². The van der Waals surface area contributed by atoms with Gasteiger partial charge in [-0.1, -0.05) is 12.1 Å². The van der Waals surface area contributed by atoms with Crippen LogP contribution in [0.5, 0.6) is 0 Å². The Morgan fingerprint density at radius 1 is 1.00 bits per heavy atom. The molecule has 2 N–H and O–H groups in total. The maximum absolute atomic E-state index is 11.6. The van der Waals surface area contributed by atoms with Gasteiger partial charge in [0.1, 0.15) is 17.1 Å². The van der Waals surface area contributed by atoms with Crippen LogP contribution in [0.25, 0.3) is 17.4 Å². The molecule has 1 aromatic heterocycles. The molecule has 120 valence electrons. The van der Waals surface area contributed by atoms with Gasteiger partial charge in [-0.05, 0) is 24.3 Å². The van der Waals surface area contributed by atoms with Gasteiger partial charge in [0, 0.05) is 6.07 Å². The normalized spacial score (nSPS) is 14.2. The molecular weight excluding hydrogens is 318 g/mol. The summed E-state index contributed by atoms with van der Waals surface area (Å²) in [5.74, 6) is -1.36. The van der Waals surface area contributed by atoms with E-state index in [1.807, 2.05) is 10.6 Å². The maximum Gasteiger partial charge on any atom is 0.328 e. The molecule has 1 aromatic carbocycles. The Morgan fingerprint density at radius 2 is 1.67 bits per heavy atom. The van der Waals surface area contributed by atoms with Crippen molar-refractivity contribution < 1.29 is 23.7 Å². The lowest BCUT2D eigenvalue weighted by Gasteiger charge is -2.13. The molecule has 0 saturated carbocycles. The number of nitrogens with one attached hydrogen (secondary N) is 2. The Kier molecular flexibility index (Phi) is 3.66. The standard InChI is InChI=1S/C15H9N3O6/c19-13-10(14(20)17-15(21)16-13)7-8-5-6-12(24-8)9-3-1-2-4-11(9)18(22)23/h1-7H,(H2,16,17,19,20,21). The molecule has 9 nitrogen and oxygen atoms in total. The van der Waals surface area contributed by atoms with Gasteiger partial charge in [-0.3, -0.25) is 30.3 Å². The third kappa shape index (κ3) is 2.77. The van der Waals surface area contributed by atoms with Gasteiger partial charge in [0.05, 0.1) is 10.5 Å². The summed E-state index contributed by atoms with van der Waals surface area (Å²) in [7, 11) is 0. The number of furan rings is 1. The zero-order valence-electron chi connectivity index (χ0n) is 11.9. The van der Waals surface area contributed by atoms with Crippen molar-refractivity contribution in [1.82, 2.24) is 10.6 Å². The van der Waals surface area contributed by atoms with Crippen molar-refractivity contribution in [3.8, 4) is 11.3 Å². The lowest BCUT2D eigenvalue weighted by Crippen LogP contribution is -2.51. The fraction of sp³-hybridized carbons (Fsp3) is 0. The molecule has 1 saturated heterocycles. The molecule has 9 heteroatoms. The van der Waals surface area contributed by atoms with Gasteiger partial charge in [0.15, 0.2) is 0 Å². The first-order valence-electron chi connectivity index (χ1n) is 6.67. The second-order valence-electron chi connectivity index (χ2n) is 4.77. The van der Waals surface area contributed by atoms with E-state index in [2.05, 4.69) is 0 Å². The van der Waals surface area contributed by atoms with Gasteiger partial charge in [-0.25, -0.2) is 4.79 Å². The minimum absolute atomic E-state index is 0.134. The molecule has 1 fully saturated rings. The zero-order valence-corrected chi connectivity index (χ0v) is 11.9. The number of barbiturate groups is 1. The third-order valence-corrected chi connectivity index (χ3v) is 3.22. The molecule has 0 radical (unpaired) electrons. The monoisotopic (exact) mass is 327 g/mol. The van der Waals surface area contributed by atoms with E-state index in [0.717, 1.165) is 6.08 Å². The molecule has 2 heterocycles. The van der Waals surface area contributed by atoms with Gasteiger partial charge in [-0.2, -0.15) is 0 Å². The predicted molar refractivity (Wildman–Crippen MR) is 80.5 cm³/mol. The molecule has 0 spiro atoms. The summed E-state index contributed by atoms with van der Waals surface area (Å²) in [6, 6.07) is 8.05. The van der Waals surface area contributed by atoms with Gasteiger partial charge < -0.3 is 4.42 Å². The van der Waals surface area contributed by atoms with Crippen molar-refractivity contribution in [1.29, 1.82) is 0 Å². The summed E-state index contributed by atoms with van der Waals surface area (Å²) >= 11 is 0. The number of urea groups is 1. The molecule has 24 heavy (non-hydrogen) atoms. The number of rotatable bonds is 3. The lowest BCUT2D eigenvalue weighted by molar-refractivity contribution is -0.384. The first-order chi connectivity index (χ1) is 11.5. The van der Waals surface area contributed by atoms with Crippen molar-refractivity contribution in [2.45, 2.75) is 0 Å². The van der Waals surface area contributed by atoms with E-state index in [9.17, 15) is 24.5 Å². The van der Waals surface area contributed by atoms with Crippen LogP contribution in [0.1, 0.15) is 5.76 Å². The molecule has 3 rings (SSSR count). The van der Waals surface area contributed by atoms with Crippen LogP contribution in [-0.2, 0) is 9.59 Å². The number of nitro groups is 1. The summed E-state index contributed by atoms with van der Waals surface area (Å²) in [6.07, 6.45) is 1.15. The Bertz CT molecular complexity index is 889. The van der Waals surface area contributed by atoms with Crippen LogP contribution in [0.2, 0.25) is 0 Å². The van der Waals surface area contributed by atoms with Crippen LogP contribution in [0.4, 0.5) is 10.5 Å². The summed E-state index contributed by atoms with van der Waals surface area (Å²) in [4.78, 5) is 44.8. The van der Waals surface area contributed by atoms with E-state index in [1.165, 1.54) is 30.3 Å². The first-order valence-corrected chi connectivity index (χ1v) is 6.67. The van der Waals surface area contributed by atoms with E-state index in [0.29, 0.717) is 0 Å². The summed E-state index contributed by atoms with van der Waals surface area (Å²) in [5.41, 5.74) is -0.178. The first kappa shape index (κ1) is 15.2. The number of nitro benzene ring substituents is 1. The van der Waals surface area contributed by atoms with Gasteiger partial charge in [0.2, 0.25) is 0 Å². The number of amides is 4. The van der Waals surface area contributed by atoms with Crippen molar-refractivity contribution >= 4 is 29.6 Å². The Hall–Kier alpha value is -3.75. The topological polar surface area (TPSA) is 132 Å². The quantitative estimate of drug-likeness (QED) is 0.381. The number of imide groups is 2. The highest BCUT2D eigenvalue weighted by molar-refractivity contribution is 6.31. The minimum Gasteiger partial charge on any atom is -0.456 e. The smallest absolute Gasteiger partial charge is 0.328 e. The van der Waals surface area contributed by atoms with Crippen LogP contribution in [0, 0.1) is 10.1 Å². The molecule has 0 unspecified atom stereocenters. The highest BCUT2D eigenvalue weighted by atomic mass is 16.6. The number of benzene rings is 1. The number of nitrogens with zero attached hydrogens (tertiary/aromatic N) is 1. The fourth-order valence-corrected chi connectivity index (χ4v) is 2.16. The van der Waals surface area contributed by atoms with Crippen LogP contribution in [-0.4, -0.2) is 22.8 Å². The van der Waals surface area contributed by atoms with Crippen LogP contribution in [0.15, 0.2) is 46.4 Å². The Morgan fingerprint density at radius 3 is 2.33 bits per heavy atom. The number of hydrogen-bond donors (Lipinski definition) is 2. The maximum atomic E-state index is 11.6. The third-order valence-electron chi connectivity index (χ3n) is 3.22. The van der Waals surface area contributed by atoms with Gasteiger partial charge >= 0.3 is 6.03 Å². The van der Waals surface area contributed by atoms with Gasteiger partial charge in [-0.15, -0.1) is 0 Å². The van der Waals surface area contributed by atoms with Crippen LogP contribution in [0.3, 0.4) is 0 Å². The van der Waals surface area contributed by atoms with E-state index in [1.54, 1.807) is 6.07 Å². The molecule has 0 bridgehead atoms. The predicted octanol–water partition coefficient (Wildman–Crippen LogP) is 1.60. The van der Waals surface area contributed by atoms with E-state index < -0.39 is 22.8 Å². The van der Waals surface area contributed by atoms with Gasteiger partial charge in [0.25, 0.3) is 17.5 Å². The average Bonchev–Trinajstić information content (AvgIpc) is 2.99. The fourth-order valence-electron chi connectivity index (χ4n) is 2.16. The molecule has 4 amide bonds. The minimum atomic E-state index is -0.901. The second-order valence-corrected chi connectivity index (χ2v) is 4.77. The lowest BCUT2D eigenvalue weighted by atomic mass is 10.1. The van der Waals surface area contributed by atoms with Crippen molar-refractivity contribution in [2.24, 2.45) is 0 Å². The number of hydrogen-bond acceptors (Lipinski definition) is 6.